The maximum absolute atomic E-state index is 4.16. The molecule has 2 heterocycles. The first-order chi connectivity index (χ1) is 9.42. The van der Waals surface area contributed by atoms with Crippen LogP contribution in [0.15, 0.2) is 6.33 Å². The highest BCUT2D eigenvalue weighted by Crippen LogP contribution is 2.18. The number of unbranched alkanes of at least 4 members (excludes halogenated alkanes) is 3. The average molecular weight is 263 g/mol. The molecule has 19 heavy (non-hydrogen) atoms. The maximum Gasteiger partial charge on any atom is 0.147 e. The zero-order valence-corrected chi connectivity index (χ0v) is 11.7. The van der Waals surface area contributed by atoms with Gasteiger partial charge in [-0.15, -0.1) is 10.2 Å². The van der Waals surface area contributed by atoms with Crippen molar-refractivity contribution in [1.29, 1.82) is 0 Å². The van der Waals surface area contributed by atoms with Gasteiger partial charge in [0.05, 0.1) is 6.54 Å². The van der Waals surface area contributed by atoms with Gasteiger partial charge in [0.1, 0.15) is 12.2 Å². The second-order valence-electron chi connectivity index (χ2n) is 5.86. The Morgan fingerprint density at radius 1 is 1.16 bits per heavy atom. The molecule has 1 N–H and O–H groups in total. The normalized spacial score (nSPS) is 19.6. The largest absolute Gasteiger partial charge is 0.315 e. The Balaban J connectivity index is 1.22. The van der Waals surface area contributed by atoms with E-state index in [0.717, 1.165) is 31.5 Å². The van der Waals surface area contributed by atoms with Crippen molar-refractivity contribution < 1.29 is 0 Å². The van der Waals surface area contributed by atoms with Crippen LogP contribution in [0.4, 0.5) is 0 Å². The molecule has 0 unspecified atom stereocenters. The maximum atomic E-state index is 4.16. The van der Waals surface area contributed by atoms with Crippen molar-refractivity contribution in [2.45, 2.75) is 57.7 Å². The van der Waals surface area contributed by atoms with E-state index in [1.807, 2.05) is 6.33 Å². The molecule has 106 valence electrons. The monoisotopic (exact) mass is 263 g/mol. The summed E-state index contributed by atoms with van der Waals surface area (Å²) in [5.41, 5.74) is 0. The van der Waals surface area contributed by atoms with Crippen LogP contribution in [-0.4, -0.2) is 45.3 Å². The molecular weight excluding hydrogens is 238 g/mol. The quantitative estimate of drug-likeness (QED) is 0.720. The fraction of sp³-hybridized carbons (Fsp3) is 0.857. The summed E-state index contributed by atoms with van der Waals surface area (Å²) in [6.45, 7) is 5.60. The number of nitrogens with zero attached hydrogens (tertiary/aromatic N) is 4. The van der Waals surface area contributed by atoms with Gasteiger partial charge in [0.2, 0.25) is 0 Å². The fourth-order valence-corrected chi connectivity index (χ4v) is 2.71. The van der Waals surface area contributed by atoms with E-state index in [0.29, 0.717) is 0 Å². The van der Waals surface area contributed by atoms with Gasteiger partial charge in [-0.25, -0.2) is 0 Å². The van der Waals surface area contributed by atoms with Crippen LogP contribution in [0.2, 0.25) is 0 Å². The summed E-state index contributed by atoms with van der Waals surface area (Å²) in [5, 5.41) is 11.7. The van der Waals surface area contributed by atoms with Gasteiger partial charge >= 0.3 is 0 Å². The van der Waals surface area contributed by atoms with Crippen molar-refractivity contribution in [1.82, 2.24) is 25.0 Å². The van der Waals surface area contributed by atoms with E-state index in [-0.39, 0.29) is 0 Å². The Kier molecular flexibility index (Phi) is 4.45. The van der Waals surface area contributed by atoms with Crippen LogP contribution in [0.25, 0.3) is 0 Å². The zero-order valence-electron chi connectivity index (χ0n) is 11.7. The van der Waals surface area contributed by atoms with Crippen LogP contribution in [0.3, 0.4) is 0 Å². The van der Waals surface area contributed by atoms with Gasteiger partial charge in [0.15, 0.2) is 0 Å². The molecule has 1 aromatic heterocycles. The van der Waals surface area contributed by atoms with Gasteiger partial charge < -0.3 is 9.88 Å². The van der Waals surface area contributed by atoms with E-state index in [2.05, 4.69) is 25.0 Å². The first-order valence-electron chi connectivity index (χ1n) is 7.74. The Labute approximate surface area is 115 Å². The van der Waals surface area contributed by atoms with E-state index in [4.69, 9.17) is 0 Å². The molecule has 1 saturated carbocycles. The minimum Gasteiger partial charge on any atom is -0.315 e. The van der Waals surface area contributed by atoms with Gasteiger partial charge in [-0.05, 0) is 38.8 Å². The van der Waals surface area contributed by atoms with Crippen LogP contribution in [0.5, 0.6) is 0 Å². The lowest BCUT2D eigenvalue weighted by atomic mass is 10.2. The van der Waals surface area contributed by atoms with Crippen molar-refractivity contribution in [2.75, 3.05) is 19.6 Å². The summed E-state index contributed by atoms with van der Waals surface area (Å²) in [7, 11) is 0. The Morgan fingerprint density at radius 2 is 2.05 bits per heavy atom. The average Bonchev–Trinajstić information content (AvgIpc) is 3.13. The molecule has 1 aromatic rings. The molecule has 0 spiro atoms. The summed E-state index contributed by atoms with van der Waals surface area (Å²) in [4.78, 5) is 2.51. The van der Waals surface area contributed by atoms with Gasteiger partial charge in [0, 0.05) is 19.1 Å². The van der Waals surface area contributed by atoms with Crippen LogP contribution in [0.1, 0.15) is 44.3 Å². The Bertz CT molecular complexity index is 385. The van der Waals surface area contributed by atoms with Crippen molar-refractivity contribution in [3.05, 3.63) is 12.2 Å². The molecule has 2 aliphatic rings. The highest BCUT2D eigenvalue weighted by atomic mass is 15.3. The number of rotatable bonds is 8. The number of fused-ring (bicyclic) bond motifs is 1. The third-order valence-corrected chi connectivity index (χ3v) is 4.13. The molecule has 1 aliphatic heterocycles. The number of hydrogen-bond acceptors (Lipinski definition) is 4. The predicted molar refractivity (Wildman–Crippen MR) is 74.8 cm³/mol. The van der Waals surface area contributed by atoms with E-state index in [1.165, 1.54) is 51.6 Å². The fourth-order valence-electron chi connectivity index (χ4n) is 2.71. The van der Waals surface area contributed by atoms with Gasteiger partial charge in [-0.1, -0.05) is 12.8 Å². The standard InChI is InChI=1S/C14H25N5/c1(3-7-15-13-5-6-13)2-4-8-18-9-10-19-12-16-17-14(19)11-18/h12-13,15H,1-11H2. The molecule has 0 saturated heterocycles. The lowest BCUT2D eigenvalue weighted by Crippen LogP contribution is -2.34. The van der Waals surface area contributed by atoms with E-state index in [1.54, 1.807) is 0 Å². The Morgan fingerprint density at radius 3 is 2.95 bits per heavy atom. The van der Waals surface area contributed by atoms with Crippen LogP contribution >= 0.6 is 0 Å². The van der Waals surface area contributed by atoms with Gasteiger partial charge in [-0.3, -0.25) is 4.90 Å². The topological polar surface area (TPSA) is 46.0 Å². The molecule has 5 heteroatoms. The molecule has 5 nitrogen and oxygen atoms in total. The molecule has 1 fully saturated rings. The number of aromatic nitrogens is 3. The summed E-state index contributed by atoms with van der Waals surface area (Å²) in [6, 6.07) is 0.866. The van der Waals surface area contributed by atoms with E-state index in [9.17, 15) is 0 Å². The van der Waals surface area contributed by atoms with Crippen LogP contribution in [-0.2, 0) is 13.1 Å². The van der Waals surface area contributed by atoms with Crippen LogP contribution in [0, 0.1) is 0 Å². The summed E-state index contributed by atoms with van der Waals surface area (Å²) >= 11 is 0. The summed E-state index contributed by atoms with van der Waals surface area (Å²) in [5.74, 6) is 1.12. The van der Waals surface area contributed by atoms with Crippen molar-refractivity contribution in [3.8, 4) is 0 Å². The molecule has 0 bridgehead atoms. The molecule has 0 amide bonds. The first-order valence-corrected chi connectivity index (χ1v) is 7.74. The third kappa shape index (κ3) is 4.01. The predicted octanol–water partition coefficient (Wildman–Crippen LogP) is 1.41. The second-order valence-corrected chi connectivity index (χ2v) is 5.86. The van der Waals surface area contributed by atoms with Gasteiger partial charge in [0.25, 0.3) is 0 Å². The molecular formula is C14H25N5. The highest BCUT2D eigenvalue weighted by molar-refractivity contribution is 4.89. The van der Waals surface area contributed by atoms with Crippen LogP contribution < -0.4 is 5.32 Å². The molecule has 0 atom stereocenters. The highest BCUT2D eigenvalue weighted by Gasteiger charge is 2.19. The molecule has 0 aromatic carbocycles. The minimum absolute atomic E-state index is 0.866. The smallest absolute Gasteiger partial charge is 0.147 e. The van der Waals surface area contributed by atoms with Crippen molar-refractivity contribution >= 4 is 0 Å². The minimum atomic E-state index is 0.866. The third-order valence-electron chi connectivity index (χ3n) is 4.13. The number of nitrogens with one attached hydrogen (secondary N) is 1. The Hall–Kier alpha value is -0.940. The van der Waals surface area contributed by atoms with Gasteiger partial charge in [-0.2, -0.15) is 0 Å². The van der Waals surface area contributed by atoms with Crippen molar-refractivity contribution in [2.24, 2.45) is 0 Å². The SMILES string of the molecule is c1nnc2n1CCN(CCCCCCNC1CC1)C2. The molecule has 0 radical (unpaired) electrons. The zero-order chi connectivity index (χ0) is 12.9. The van der Waals surface area contributed by atoms with E-state index < -0.39 is 0 Å². The summed E-state index contributed by atoms with van der Waals surface area (Å²) < 4.78 is 2.17. The second kappa shape index (κ2) is 6.48. The number of hydrogen-bond donors (Lipinski definition) is 1. The molecule has 1 aliphatic carbocycles. The lowest BCUT2D eigenvalue weighted by molar-refractivity contribution is 0.212. The van der Waals surface area contributed by atoms with Crippen molar-refractivity contribution in [3.63, 3.8) is 0 Å². The summed E-state index contributed by atoms with van der Waals surface area (Å²) in [6.07, 6.45) is 10.0. The first kappa shape index (κ1) is 13.1. The van der Waals surface area contributed by atoms with E-state index >= 15 is 0 Å². The molecule has 3 rings (SSSR count). The lowest BCUT2D eigenvalue weighted by Gasteiger charge is -2.26.